The number of nitriles is 3. The van der Waals surface area contributed by atoms with Gasteiger partial charge in [0.15, 0.2) is 63.9 Å². The van der Waals surface area contributed by atoms with Crippen molar-refractivity contribution in [2.45, 2.75) is 18.5 Å². The van der Waals surface area contributed by atoms with Crippen LogP contribution in [0, 0.1) is 98.1 Å². The summed E-state index contributed by atoms with van der Waals surface area (Å²) in [7, 11) is 0. The van der Waals surface area contributed by atoms with Crippen LogP contribution in [0.3, 0.4) is 0 Å². The van der Waals surface area contributed by atoms with E-state index >= 15 is 22.0 Å². The molecule has 1 aliphatic rings. The average Bonchev–Trinajstić information content (AvgIpc) is 3.75. The van der Waals surface area contributed by atoms with Crippen LogP contribution in [0.2, 0.25) is 0 Å². The highest BCUT2D eigenvalue weighted by Crippen LogP contribution is 2.58. The van der Waals surface area contributed by atoms with Crippen molar-refractivity contribution in [3.63, 3.8) is 0 Å². The number of halogens is 20. The van der Waals surface area contributed by atoms with Gasteiger partial charge in [0, 0.05) is 16.7 Å². The lowest BCUT2D eigenvalue weighted by atomic mass is 9.98. The van der Waals surface area contributed by atoms with Crippen molar-refractivity contribution in [3.8, 4) is 18.2 Å². The van der Waals surface area contributed by atoms with Crippen molar-refractivity contribution in [1.29, 1.82) is 15.8 Å². The molecule has 0 unspecified atom stereocenters. The Kier molecular flexibility index (Phi) is 9.60. The van der Waals surface area contributed by atoms with Gasteiger partial charge < -0.3 is 0 Å². The van der Waals surface area contributed by atoms with Crippen molar-refractivity contribution in [2.24, 2.45) is 0 Å². The van der Waals surface area contributed by atoms with E-state index in [1.165, 1.54) is 0 Å². The summed E-state index contributed by atoms with van der Waals surface area (Å²) >= 11 is 0. The molecule has 3 aromatic rings. The molecular weight excluding hydrogens is 784 g/mol. The molecule has 0 bridgehead atoms. The molecule has 4 rings (SSSR count). The Labute approximate surface area is 277 Å². The second-order valence-electron chi connectivity index (χ2n) is 9.84. The van der Waals surface area contributed by atoms with E-state index in [1.807, 2.05) is 4.98 Å². The third-order valence-electron chi connectivity index (χ3n) is 6.92. The van der Waals surface area contributed by atoms with Crippen molar-refractivity contribution < 1.29 is 87.8 Å². The lowest BCUT2D eigenvalue weighted by Crippen LogP contribution is -2.17. The quantitative estimate of drug-likeness (QED) is 0.115. The summed E-state index contributed by atoms with van der Waals surface area (Å²) in [4.78, 5) is 1.93. The van der Waals surface area contributed by atoms with E-state index in [0.717, 1.165) is 0 Å². The van der Waals surface area contributed by atoms with Crippen LogP contribution < -0.4 is 0 Å². The number of hydrogen-bond acceptors (Lipinski definition) is 4. The largest absolute Gasteiger partial charge is 0.436 e. The molecule has 4 nitrogen and oxygen atoms in total. The van der Waals surface area contributed by atoms with Crippen LogP contribution in [-0.4, -0.2) is 4.98 Å². The van der Waals surface area contributed by atoms with Crippen LogP contribution in [-0.2, 0) is 18.5 Å². The first-order chi connectivity index (χ1) is 24.2. The summed E-state index contributed by atoms with van der Waals surface area (Å²) in [5, 5.41) is 29.1. The molecule has 276 valence electrons. The first-order valence-electron chi connectivity index (χ1n) is 12.6. The third-order valence-corrected chi connectivity index (χ3v) is 6.92. The number of alkyl halides is 9. The molecule has 0 atom stereocenters. The molecule has 1 saturated carbocycles. The van der Waals surface area contributed by atoms with Gasteiger partial charge in [0.05, 0.1) is 33.4 Å². The molecule has 24 heteroatoms. The number of benzene rings is 2. The maximum absolute atomic E-state index is 15.1. The molecule has 0 aliphatic heterocycles. The van der Waals surface area contributed by atoms with Crippen LogP contribution in [0.1, 0.15) is 33.5 Å². The second-order valence-corrected chi connectivity index (χ2v) is 9.84. The van der Waals surface area contributed by atoms with E-state index in [4.69, 9.17) is 0 Å². The zero-order valence-electron chi connectivity index (χ0n) is 23.8. The Bertz CT molecular complexity index is 2210. The molecule has 1 aromatic heterocycles. The summed E-state index contributed by atoms with van der Waals surface area (Å²) in [5.74, 6) is -35.1. The number of aromatic nitrogens is 1. The molecule has 0 amide bonds. The topological polar surface area (TPSA) is 84.3 Å². The maximum atomic E-state index is 15.1. The predicted molar refractivity (Wildman–Crippen MR) is 129 cm³/mol. The first kappa shape index (κ1) is 39.7. The number of hydrogen-bond donors (Lipinski definition) is 0. The molecular formula is C29F20N4. The Balaban J connectivity index is 2.38. The van der Waals surface area contributed by atoms with Gasteiger partial charge in [-0.1, -0.05) is 0 Å². The van der Waals surface area contributed by atoms with Crippen LogP contribution in [0.5, 0.6) is 0 Å². The minimum Gasteiger partial charge on any atom is -0.209 e. The minimum atomic E-state index is -6.26. The standard InChI is InChI=1S/C29F20N4/c30-15-10(16(31)22(37)13(21(15)36)27(41,42)43)4(1-50)7-8(5(2-51)11-17(32)23(38)14(28(44,45)46)24(39)18(11)33)9(7)6(3-52)12-19(34)25(29(47,48)49)53-26(40)20(12)35/b7-4-,8-5+,9-6?. The zero-order chi connectivity index (χ0) is 40.6. The van der Waals surface area contributed by atoms with Crippen molar-refractivity contribution in [2.75, 3.05) is 0 Å². The van der Waals surface area contributed by atoms with Crippen molar-refractivity contribution >= 4 is 16.7 Å². The van der Waals surface area contributed by atoms with E-state index in [2.05, 4.69) is 0 Å². The summed E-state index contributed by atoms with van der Waals surface area (Å²) in [6.45, 7) is 0. The highest BCUT2D eigenvalue weighted by Gasteiger charge is 2.50. The molecule has 0 N–H and O–H groups in total. The van der Waals surface area contributed by atoms with E-state index in [9.17, 15) is 81.6 Å². The Morgan fingerprint density at radius 1 is 0.377 bits per heavy atom. The highest BCUT2D eigenvalue weighted by molar-refractivity contribution is 6.12. The lowest BCUT2D eigenvalue weighted by molar-refractivity contribution is -0.144. The normalized spacial score (nSPS) is 16.2. The average molecular weight is 784 g/mol. The van der Waals surface area contributed by atoms with Crippen LogP contribution in [0.4, 0.5) is 87.8 Å². The lowest BCUT2D eigenvalue weighted by Gasteiger charge is -2.14. The van der Waals surface area contributed by atoms with Gasteiger partial charge >= 0.3 is 18.5 Å². The Hall–Kier alpha value is -6.12. The zero-order valence-corrected chi connectivity index (χ0v) is 23.8. The van der Waals surface area contributed by atoms with Crippen LogP contribution in [0.25, 0.3) is 16.7 Å². The van der Waals surface area contributed by atoms with Gasteiger partial charge in [-0.2, -0.15) is 59.7 Å². The molecule has 2 aromatic carbocycles. The molecule has 1 fully saturated rings. The van der Waals surface area contributed by atoms with Crippen molar-refractivity contribution in [3.05, 3.63) is 114 Å². The van der Waals surface area contributed by atoms with E-state index < -0.39 is 150 Å². The van der Waals surface area contributed by atoms with Gasteiger partial charge in [-0.25, -0.2) is 48.9 Å². The summed E-state index contributed by atoms with van der Waals surface area (Å²) < 4.78 is 281. The number of nitrogens with zero attached hydrogens (tertiary/aromatic N) is 4. The van der Waals surface area contributed by atoms with Gasteiger partial charge in [0.2, 0.25) is 5.95 Å². The third kappa shape index (κ3) is 6.15. The Morgan fingerprint density at radius 2 is 0.642 bits per heavy atom. The smallest absolute Gasteiger partial charge is 0.209 e. The fourth-order valence-electron chi connectivity index (χ4n) is 4.77. The SMILES string of the molecule is N#CC(=C1C(=C(\C#N)c2c(F)c(F)c(C(F)(F)F)c(F)c2F)/C1=C(\C#N)c1c(F)c(F)c(C(F)(F)F)c(F)c1F)c1c(F)c(F)nc(C(F)(F)F)c1F. The number of rotatable bonds is 3. The van der Waals surface area contributed by atoms with Gasteiger partial charge in [-0.3, -0.25) is 0 Å². The summed E-state index contributed by atoms with van der Waals surface area (Å²) in [6, 6.07) is 1.86. The van der Waals surface area contributed by atoms with Gasteiger partial charge in [0.25, 0.3) is 0 Å². The van der Waals surface area contributed by atoms with Crippen LogP contribution in [0.15, 0.2) is 16.7 Å². The molecule has 1 heterocycles. The van der Waals surface area contributed by atoms with Gasteiger partial charge in [-0.05, 0) is 0 Å². The first-order valence-corrected chi connectivity index (χ1v) is 12.6. The van der Waals surface area contributed by atoms with Gasteiger partial charge in [-0.15, -0.1) is 0 Å². The number of pyridine rings is 1. The second kappa shape index (κ2) is 12.8. The van der Waals surface area contributed by atoms with E-state index in [0.29, 0.717) is 18.2 Å². The Morgan fingerprint density at radius 3 is 0.868 bits per heavy atom. The maximum Gasteiger partial charge on any atom is 0.436 e. The summed E-state index contributed by atoms with van der Waals surface area (Å²) in [6.07, 6.45) is -18.6. The number of allylic oxidation sites excluding steroid dienone is 6. The van der Waals surface area contributed by atoms with Crippen molar-refractivity contribution in [1.82, 2.24) is 4.98 Å². The van der Waals surface area contributed by atoms with E-state index in [1.54, 1.807) is 0 Å². The molecule has 0 radical (unpaired) electrons. The van der Waals surface area contributed by atoms with Gasteiger partial charge in [0.1, 0.15) is 29.3 Å². The minimum absolute atomic E-state index is 0.612. The highest BCUT2D eigenvalue weighted by atomic mass is 19.4. The monoisotopic (exact) mass is 784 g/mol. The van der Waals surface area contributed by atoms with Crippen LogP contribution >= 0.6 is 0 Å². The molecule has 1 aliphatic carbocycles. The summed E-state index contributed by atoms with van der Waals surface area (Å²) in [5.41, 5.74) is -29.9. The molecule has 53 heavy (non-hydrogen) atoms. The van der Waals surface area contributed by atoms with E-state index in [-0.39, 0.29) is 0 Å². The predicted octanol–water partition coefficient (Wildman–Crippen LogP) is 9.91. The molecule has 0 saturated heterocycles. The fourth-order valence-corrected chi connectivity index (χ4v) is 4.77. The fraction of sp³-hybridized carbons (Fsp3) is 0.103. The molecule has 0 spiro atoms.